The van der Waals surface area contributed by atoms with Gasteiger partial charge < -0.3 is 10.6 Å². The summed E-state index contributed by atoms with van der Waals surface area (Å²) in [6.45, 7) is 3.01. The van der Waals surface area contributed by atoms with Gasteiger partial charge in [0.25, 0.3) is 0 Å². The maximum absolute atomic E-state index is 11.7. The predicted molar refractivity (Wildman–Crippen MR) is 124 cm³/mol. The molecular weight excluding hydrogens is 402 g/mol. The summed E-state index contributed by atoms with van der Waals surface area (Å²) < 4.78 is 1.81. The maximum atomic E-state index is 11.7. The number of nitrogens with zero attached hydrogens (tertiary/aromatic N) is 5. The lowest BCUT2D eigenvalue weighted by Crippen LogP contribution is -2.28. The number of hydrogen-bond donors (Lipinski definition) is 2. The molecule has 0 radical (unpaired) electrons. The van der Waals surface area contributed by atoms with Crippen molar-refractivity contribution in [3.8, 4) is 11.3 Å². The normalized spacial score (nSPS) is 11.0. The van der Waals surface area contributed by atoms with Crippen LogP contribution in [0.3, 0.4) is 0 Å². The highest BCUT2D eigenvalue weighted by molar-refractivity contribution is 5.89. The Morgan fingerprint density at radius 1 is 1.00 bits per heavy atom. The minimum atomic E-state index is -0.223. The molecule has 3 heterocycles. The summed E-state index contributed by atoms with van der Waals surface area (Å²) in [5.41, 5.74) is 6.00. The number of urea groups is 1. The van der Waals surface area contributed by atoms with Crippen molar-refractivity contribution < 1.29 is 4.79 Å². The Morgan fingerprint density at radius 2 is 1.84 bits per heavy atom. The molecule has 0 aliphatic rings. The molecule has 2 N–H and O–H groups in total. The van der Waals surface area contributed by atoms with Gasteiger partial charge in [0.05, 0.1) is 17.8 Å². The number of amides is 2. The third-order valence-electron chi connectivity index (χ3n) is 5.14. The van der Waals surface area contributed by atoms with E-state index in [0.717, 1.165) is 44.6 Å². The average molecular weight is 423 g/mol. The molecule has 0 saturated heterocycles. The van der Waals surface area contributed by atoms with Crippen molar-refractivity contribution in [1.29, 1.82) is 0 Å². The molecular formula is C24H21N7O. The molecule has 0 saturated carbocycles. The molecule has 0 aliphatic carbocycles. The summed E-state index contributed by atoms with van der Waals surface area (Å²) in [5, 5.41) is 15.2. The van der Waals surface area contributed by atoms with Crippen LogP contribution in [-0.4, -0.2) is 37.5 Å². The molecule has 8 heteroatoms. The SMILES string of the molecule is CCNC(=O)Nc1ccc(-c2ccc3nnn(Cc4ccc5ncccc5c4)c3n2)cc1. The fraction of sp³-hybridized carbons (Fsp3) is 0.125. The van der Waals surface area contributed by atoms with E-state index in [0.29, 0.717) is 13.1 Å². The number of anilines is 1. The van der Waals surface area contributed by atoms with Crippen molar-refractivity contribution in [1.82, 2.24) is 30.3 Å². The highest BCUT2D eigenvalue weighted by atomic mass is 16.2. The van der Waals surface area contributed by atoms with E-state index in [1.165, 1.54) is 0 Å². The van der Waals surface area contributed by atoms with Crippen LogP contribution in [-0.2, 0) is 6.54 Å². The number of benzene rings is 2. The van der Waals surface area contributed by atoms with Crippen molar-refractivity contribution in [3.05, 3.63) is 78.5 Å². The molecule has 5 aromatic rings. The molecule has 8 nitrogen and oxygen atoms in total. The Hall–Kier alpha value is -4.33. The van der Waals surface area contributed by atoms with Gasteiger partial charge in [-0.2, -0.15) is 0 Å². The number of carbonyl (C=O) groups is 1. The fourth-order valence-corrected chi connectivity index (χ4v) is 3.58. The van der Waals surface area contributed by atoms with Gasteiger partial charge in [-0.15, -0.1) is 5.10 Å². The van der Waals surface area contributed by atoms with E-state index in [1.54, 1.807) is 10.9 Å². The van der Waals surface area contributed by atoms with E-state index in [-0.39, 0.29) is 6.03 Å². The Morgan fingerprint density at radius 3 is 2.69 bits per heavy atom. The van der Waals surface area contributed by atoms with Gasteiger partial charge in [-0.05, 0) is 55.0 Å². The molecule has 0 fully saturated rings. The van der Waals surface area contributed by atoms with Crippen molar-refractivity contribution >= 4 is 33.8 Å². The number of carbonyl (C=O) groups excluding carboxylic acids is 1. The van der Waals surface area contributed by atoms with E-state index in [4.69, 9.17) is 4.98 Å². The van der Waals surface area contributed by atoms with Gasteiger partial charge in [0.1, 0.15) is 5.52 Å². The molecule has 2 aromatic carbocycles. The van der Waals surface area contributed by atoms with Crippen molar-refractivity contribution in [2.45, 2.75) is 13.5 Å². The molecule has 32 heavy (non-hydrogen) atoms. The Kier molecular flexibility index (Phi) is 5.17. The first kappa shape index (κ1) is 19.6. The van der Waals surface area contributed by atoms with Crippen LogP contribution in [0, 0.1) is 0 Å². The molecule has 0 bridgehead atoms. The number of rotatable bonds is 5. The van der Waals surface area contributed by atoms with Crippen LogP contribution in [0.2, 0.25) is 0 Å². The molecule has 5 rings (SSSR count). The molecule has 0 aliphatic heterocycles. The lowest BCUT2D eigenvalue weighted by atomic mass is 10.1. The van der Waals surface area contributed by atoms with Crippen molar-refractivity contribution in [3.63, 3.8) is 0 Å². The van der Waals surface area contributed by atoms with Gasteiger partial charge in [0.15, 0.2) is 5.65 Å². The maximum Gasteiger partial charge on any atom is 0.319 e. The minimum Gasteiger partial charge on any atom is -0.338 e. The van der Waals surface area contributed by atoms with Crippen LogP contribution in [0.5, 0.6) is 0 Å². The number of aromatic nitrogens is 5. The quantitative estimate of drug-likeness (QED) is 0.441. The zero-order chi connectivity index (χ0) is 21.9. The van der Waals surface area contributed by atoms with Crippen LogP contribution < -0.4 is 10.6 Å². The van der Waals surface area contributed by atoms with E-state index < -0.39 is 0 Å². The molecule has 3 aromatic heterocycles. The second kappa shape index (κ2) is 8.43. The Bertz CT molecular complexity index is 1410. The zero-order valence-electron chi connectivity index (χ0n) is 17.5. The first-order valence-electron chi connectivity index (χ1n) is 10.4. The molecule has 0 unspecified atom stereocenters. The molecule has 158 valence electrons. The van der Waals surface area contributed by atoms with Crippen molar-refractivity contribution in [2.24, 2.45) is 0 Å². The summed E-state index contributed by atoms with van der Waals surface area (Å²) in [4.78, 5) is 20.9. The van der Waals surface area contributed by atoms with Crippen LogP contribution in [0.1, 0.15) is 12.5 Å². The van der Waals surface area contributed by atoms with Crippen LogP contribution in [0.25, 0.3) is 33.3 Å². The van der Waals surface area contributed by atoms with Gasteiger partial charge in [0.2, 0.25) is 0 Å². The van der Waals surface area contributed by atoms with Crippen molar-refractivity contribution in [2.75, 3.05) is 11.9 Å². The Labute approximate surface area is 184 Å². The smallest absolute Gasteiger partial charge is 0.319 e. The number of fused-ring (bicyclic) bond motifs is 2. The largest absolute Gasteiger partial charge is 0.338 e. The first-order valence-corrected chi connectivity index (χ1v) is 10.4. The number of hydrogen-bond acceptors (Lipinski definition) is 5. The number of nitrogens with one attached hydrogen (secondary N) is 2. The Balaban J connectivity index is 1.41. The summed E-state index contributed by atoms with van der Waals surface area (Å²) in [6, 6.07) is 21.4. The molecule has 2 amide bonds. The summed E-state index contributed by atoms with van der Waals surface area (Å²) >= 11 is 0. The first-order chi connectivity index (χ1) is 15.7. The van der Waals surface area contributed by atoms with E-state index in [1.807, 2.05) is 67.6 Å². The van der Waals surface area contributed by atoms with Gasteiger partial charge in [0, 0.05) is 29.4 Å². The standard InChI is InChI=1S/C24H21N7O/c1-2-25-24(32)27-19-8-6-17(7-9-19)21-11-12-22-23(28-21)31(30-29-22)15-16-5-10-20-18(14-16)4-3-13-26-20/h3-14H,2,15H2,1H3,(H2,25,27,32). The van der Waals surface area contributed by atoms with Crippen LogP contribution >= 0.6 is 0 Å². The minimum absolute atomic E-state index is 0.223. The summed E-state index contributed by atoms with van der Waals surface area (Å²) in [7, 11) is 0. The van der Waals surface area contributed by atoms with E-state index in [9.17, 15) is 4.79 Å². The predicted octanol–water partition coefficient (Wildman–Crippen LogP) is 4.23. The monoisotopic (exact) mass is 423 g/mol. The van der Waals surface area contributed by atoms with Gasteiger partial charge in [-0.3, -0.25) is 4.98 Å². The summed E-state index contributed by atoms with van der Waals surface area (Å²) in [6.07, 6.45) is 1.79. The second-order valence-corrected chi connectivity index (χ2v) is 7.38. The van der Waals surface area contributed by atoms with E-state index in [2.05, 4.69) is 32.0 Å². The lowest BCUT2D eigenvalue weighted by molar-refractivity contribution is 0.252. The highest BCUT2D eigenvalue weighted by Crippen LogP contribution is 2.23. The molecule has 0 spiro atoms. The number of pyridine rings is 2. The topological polar surface area (TPSA) is 97.6 Å². The lowest BCUT2D eigenvalue weighted by Gasteiger charge is -2.07. The van der Waals surface area contributed by atoms with Gasteiger partial charge in [-0.1, -0.05) is 29.5 Å². The summed E-state index contributed by atoms with van der Waals surface area (Å²) in [5.74, 6) is 0. The second-order valence-electron chi connectivity index (χ2n) is 7.38. The van der Waals surface area contributed by atoms with E-state index >= 15 is 0 Å². The van der Waals surface area contributed by atoms with Crippen LogP contribution in [0.4, 0.5) is 10.5 Å². The molecule has 0 atom stereocenters. The van der Waals surface area contributed by atoms with Gasteiger partial charge in [-0.25, -0.2) is 14.5 Å². The zero-order valence-corrected chi connectivity index (χ0v) is 17.5. The van der Waals surface area contributed by atoms with Crippen LogP contribution in [0.15, 0.2) is 72.9 Å². The van der Waals surface area contributed by atoms with Gasteiger partial charge >= 0.3 is 6.03 Å². The third-order valence-corrected chi connectivity index (χ3v) is 5.14. The third kappa shape index (κ3) is 3.98. The fourth-order valence-electron chi connectivity index (χ4n) is 3.58. The highest BCUT2D eigenvalue weighted by Gasteiger charge is 2.10. The average Bonchev–Trinajstić information content (AvgIpc) is 3.21.